The zero-order chi connectivity index (χ0) is 23.6. The number of nitrogens with two attached hydrogens (primary N) is 1. The quantitative estimate of drug-likeness (QED) is 0.410. The van der Waals surface area contributed by atoms with Gasteiger partial charge in [-0.15, -0.1) is 0 Å². The van der Waals surface area contributed by atoms with Crippen LogP contribution in [0.4, 0.5) is 5.95 Å². The zero-order valence-corrected chi connectivity index (χ0v) is 20.1. The minimum Gasteiger partial charge on any atom is -0.368 e. The van der Waals surface area contributed by atoms with Gasteiger partial charge in [0.25, 0.3) is 0 Å². The van der Waals surface area contributed by atoms with E-state index in [0.717, 1.165) is 40.5 Å². The van der Waals surface area contributed by atoms with Crippen LogP contribution in [0.15, 0.2) is 54.4 Å². The third-order valence-corrected chi connectivity index (χ3v) is 7.11. The van der Waals surface area contributed by atoms with Crippen LogP contribution in [0.5, 0.6) is 0 Å². The molecule has 0 spiro atoms. The van der Waals surface area contributed by atoms with E-state index >= 15 is 0 Å². The Morgan fingerprint density at radius 2 is 1.94 bits per heavy atom. The number of anilines is 1. The highest BCUT2D eigenvalue weighted by Crippen LogP contribution is 2.45. The molecule has 1 aliphatic heterocycles. The zero-order valence-electron chi connectivity index (χ0n) is 19.3. The van der Waals surface area contributed by atoms with E-state index in [4.69, 9.17) is 26.8 Å². The van der Waals surface area contributed by atoms with Gasteiger partial charge in [-0.05, 0) is 62.9 Å². The molecule has 0 unspecified atom stereocenters. The molecule has 1 fully saturated rings. The maximum atomic E-state index is 6.36. The average molecular weight is 476 g/mol. The van der Waals surface area contributed by atoms with E-state index in [0.29, 0.717) is 5.02 Å². The topological polar surface area (TPSA) is 88.1 Å². The summed E-state index contributed by atoms with van der Waals surface area (Å²) in [4.78, 5) is 13.2. The highest BCUT2D eigenvalue weighted by molar-refractivity contribution is 6.31. The number of benzene rings is 1. The Morgan fingerprint density at radius 1 is 1.09 bits per heavy atom. The highest BCUT2D eigenvalue weighted by atomic mass is 35.5. The fourth-order valence-corrected chi connectivity index (χ4v) is 5.28. The summed E-state index contributed by atoms with van der Waals surface area (Å²) in [5.41, 5.74) is 11.0. The van der Waals surface area contributed by atoms with E-state index in [-0.39, 0.29) is 24.2 Å². The number of nitrogens with zero attached hydrogens (tertiary/aromatic N) is 4. The molecule has 2 N–H and O–H groups in total. The molecule has 7 nitrogen and oxygen atoms in total. The van der Waals surface area contributed by atoms with E-state index in [1.165, 1.54) is 11.1 Å². The van der Waals surface area contributed by atoms with Gasteiger partial charge in [0.2, 0.25) is 5.95 Å². The van der Waals surface area contributed by atoms with E-state index in [1.807, 2.05) is 39.1 Å². The second-order valence-corrected chi connectivity index (χ2v) is 9.97. The number of halogens is 1. The van der Waals surface area contributed by atoms with Gasteiger partial charge < -0.3 is 19.8 Å². The third-order valence-electron chi connectivity index (χ3n) is 6.72. The molecular weight excluding hydrogens is 450 g/mol. The predicted molar refractivity (Wildman–Crippen MR) is 133 cm³/mol. The number of rotatable bonds is 4. The molecule has 2 aliphatic rings. The number of ether oxygens (including phenoxy) is 2. The van der Waals surface area contributed by atoms with Crippen LogP contribution in [0.3, 0.4) is 0 Å². The summed E-state index contributed by atoms with van der Waals surface area (Å²) in [6, 6.07) is 10.3. The fourth-order valence-electron chi connectivity index (χ4n) is 5.12. The monoisotopic (exact) mass is 475 g/mol. The summed E-state index contributed by atoms with van der Waals surface area (Å²) in [5.74, 6) is -0.384. The average Bonchev–Trinajstić information content (AvgIpc) is 3.43. The number of nitrogen functional groups attached to an aromatic ring is 1. The molecule has 6 rings (SSSR count). The fraction of sp³-hybridized carbons (Fsp3) is 0.346. The van der Waals surface area contributed by atoms with Crippen molar-refractivity contribution in [2.45, 2.75) is 57.6 Å². The molecule has 4 aromatic rings. The van der Waals surface area contributed by atoms with Crippen LogP contribution in [0, 0.1) is 6.92 Å². The molecule has 0 amide bonds. The Balaban J connectivity index is 1.31. The molecule has 1 aromatic carbocycles. The number of pyridine rings is 1. The van der Waals surface area contributed by atoms with Crippen LogP contribution in [0.25, 0.3) is 21.9 Å². The van der Waals surface area contributed by atoms with Crippen molar-refractivity contribution in [2.24, 2.45) is 0 Å². The van der Waals surface area contributed by atoms with Gasteiger partial charge in [-0.1, -0.05) is 29.8 Å². The van der Waals surface area contributed by atoms with E-state index in [1.54, 1.807) is 6.20 Å². The highest BCUT2D eigenvalue weighted by Gasteiger charge is 2.50. The molecular formula is C26H26ClN5O2. The van der Waals surface area contributed by atoms with Crippen molar-refractivity contribution in [3.05, 3.63) is 70.7 Å². The number of hydrogen-bond acceptors (Lipinski definition) is 6. The van der Waals surface area contributed by atoms with Crippen molar-refractivity contribution in [3.8, 4) is 0 Å². The van der Waals surface area contributed by atoms with Crippen molar-refractivity contribution in [3.63, 3.8) is 0 Å². The van der Waals surface area contributed by atoms with Gasteiger partial charge in [0.1, 0.15) is 17.9 Å². The number of aromatic nitrogens is 4. The van der Waals surface area contributed by atoms with Gasteiger partial charge in [0.05, 0.1) is 22.3 Å². The minimum absolute atomic E-state index is 0.0309. The minimum atomic E-state index is -0.645. The van der Waals surface area contributed by atoms with Crippen molar-refractivity contribution in [2.75, 3.05) is 5.73 Å². The molecule has 34 heavy (non-hydrogen) atoms. The summed E-state index contributed by atoms with van der Waals surface area (Å²) < 4.78 is 14.8. The molecule has 1 saturated heterocycles. The summed E-state index contributed by atoms with van der Waals surface area (Å²) >= 11 is 6.24. The maximum absolute atomic E-state index is 6.36. The molecule has 3 aromatic heterocycles. The lowest BCUT2D eigenvalue weighted by Gasteiger charge is -2.22. The smallest absolute Gasteiger partial charge is 0.221 e. The Bertz CT molecular complexity index is 1460. The van der Waals surface area contributed by atoms with Gasteiger partial charge in [-0.2, -0.15) is 4.98 Å². The third kappa shape index (κ3) is 3.64. The Morgan fingerprint density at radius 3 is 2.79 bits per heavy atom. The van der Waals surface area contributed by atoms with Gasteiger partial charge in [0, 0.05) is 23.2 Å². The predicted octanol–water partition coefficient (Wildman–Crippen LogP) is 5.16. The number of hydrogen-bond donors (Lipinski definition) is 1. The van der Waals surface area contributed by atoms with Crippen LogP contribution in [0.1, 0.15) is 37.6 Å². The Hall–Kier alpha value is -3.00. The molecule has 0 bridgehead atoms. The number of fused-ring (bicyclic) bond motifs is 3. The van der Waals surface area contributed by atoms with Crippen molar-refractivity contribution in [1.29, 1.82) is 0 Å². The summed E-state index contributed by atoms with van der Waals surface area (Å²) in [6.07, 6.45) is 7.57. The number of aryl methyl sites for hydroxylation is 2. The maximum Gasteiger partial charge on any atom is 0.221 e. The molecule has 3 atom stereocenters. The Labute approximate surface area is 202 Å². The first-order chi connectivity index (χ1) is 16.3. The lowest BCUT2D eigenvalue weighted by molar-refractivity contribution is -0.147. The van der Waals surface area contributed by atoms with Crippen molar-refractivity contribution in [1.82, 2.24) is 19.5 Å². The molecule has 0 saturated carbocycles. The molecule has 174 valence electrons. The van der Waals surface area contributed by atoms with Gasteiger partial charge in [-0.25, -0.2) is 4.98 Å². The summed E-state index contributed by atoms with van der Waals surface area (Å²) in [6.45, 7) is 5.87. The lowest BCUT2D eigenvalue weighted by Crippen LogP contribution is -2.28. The van der Waals surface area contributed by atoms with Crippen LogP contribution in [-0.2, 0) is 15.9 Å². The van der Waals surface area contributed by atoms with Crippen molar-refractivity contribution >= 4 is 39.5 Å². The van der Waals surface area contributed by atoms with Crippen LogP contribution < -0.4 is 5.73 Å². The normalized spacial score (nSPS) is 23.5. The summed E-state index contributed by atoms with van der Waals surface area (Å²) in [7, 11) is 0. The van der Waals surface area contributed by atoms with Crippen LogP contribution in [-0.4, -0.2) is 37.5 Å². The molecule has 8 heteroatoms. The van der Waals surface area contributed by atoms with Crippen molar-refractivity contribution < 1.29 is 9.47 Å². The standard InChI is InChI=1S/C26H26ClN5O2/c1-14-19(27)11-16-6-4-15(10-20(16)30-14)5-7-17-12-21(23-22(17)33-26(2,3)34-23)32-9-8-18-13-29-25(28)31-24(18)32/h4,6,8-13,21-23H,5,7H2,1-3H3,(H2,28,29,31)/t21-,22-,23+/m1/s1. The molecule has 4 heterocycles. The lowest BCUT2D eigenvalue weighted by atomic mass is 10.0. The first-order valence-corrected chi connectivity index (χ1v) is 11.9. The first kappa shape index (κ1) is 21.5. The second-order valence-electron chi connectivity index (χ2n) is 9.57. The SMILES string of the molecule is Cc1nc2cc(CCC3=C[C@@H](n4ccc5cnc(N)nc54)[C@@H]4OC(C)(C)O[C@H]34)ccc2cc1Cl. The second kappa shape index (κ2) is 7.77. The van der Waals surface area contributed by atoms with Gasteiger partial charge >= 0.3 is 0 Å². The molecule has 1 aliphatic carbocycles. The summed E-state index contributed by atoms with van der Waals surface area (Å²) in [5, 5.41) is 2.69. The van der Waals surface area contributed by atoms with Gasteiger partial charge in [0.15, 0.2) is 5.79 Å². The van der Waals surface area contributed by atoms with Crippen LogP contribution >= 0.6 is 11.6 Å². The largest absolute Gasteiger partial charge is 0.368 e. The molecule has 0 radical (unpaired) electrons. The Kier molecular flexibility index (Phi) is 4.92. The van der Waals surface area contributed by atoms with E-state index in [9.17, 15) is 0 Å². The van der Waals surface area contributed by atoms with Gasteiger partial charge in [-0.3, -0.25) is 4.98 Å². The van der Waals surface area contributed by atoms with Crippen LogP contribution in [0.2, 0.25) is 5.02 Å². The van der Waals surface area contributed by atoms with E-state index < -0.39 is 5.79 Å². The van der Waals surface area contributed by atoms with E-state index in [2.05, 4.69) is 43.8 Å². The first-order valence-electron chi connectivity index (χ1n) is 11.5.